The van der Waals surface area contributed by atoms with Crippen LogP contribution < -0.4 is 4.57 Å². The molecule has 0 spiro atoms. The first-order valence-corrected chi connectivity index (χ1v) is 7.78. The van der Waals surface area contributed by atoms with E-state index in [1.165, 1.54) is 11.3 Å². The highest BCUT2D eigenvalue weighted by Crippen LogP contribution is 2.14. The summed E-state index contributed by atoms with van der Waals surface area (Å²) in [6, 6.07) is 16.8. The Morgan fingerprint density at radius 1 is 0.952 bits per heavy atom. The zero-order valence-electron chi connectivity index (χ0n) is 13.1. The SMILES string of the molecule is CCN(CC)C(=Cc1ccccc1)CC[n+]1ccccc1. The van der Waals surface area contributed by atoms with Crippen molar-refractivity contribution in [3.63, 3.8) is 0 Å². The summed E-state index contributed by atoms with van der Waals surface area (Å²) >= 11 is 0. The zero-order chi connectivity index (χ0) is 14.9. The number of allylic oxidation sites excluding steroid dienone is 1. The average Bonchev–Trinajstić information content (AvgIpc) is 2.55. The first kappa shape index (κ1) is 15.3. The molecule has 0 unspecified atom stereocenters. The Balaban J connectivity index is 2.14. The van der Waals surface area contributed by atoms with E-state index in [4.69, 9.17) is 0 Å². The van der Waals surface area contributed by atoms with Crippen molar-refractivity contribution in [3.8, 4) is 0 Å². The molecule has 2 nitrogen and oxygen atoms in total. The second-order valence-electron chi connectivity index (χ2n) is 5.08. The van der Waals surface area contributed by atoms with Gasteiger partial charge in [-0.1, -0.05) is 36.4 Å². The fourth-order valence-electron chi connectivity index (χ4n) is 2.52. The van der Waals surface area contributed by atoms with Gasteiger partial charge in [-0.2, -0.15) is 0 Å². The third kappa shape index (κ3) is 4.75. The van der Waals surface area contributed by atoms with Gasteiger partial charge in [0.2, 0.25) is 0 Å². The first-order chi connectivity index (χ1) is 10.3. The topological polar surface area (TPSA) is 7.12 Å². The fraction of sp³-hybridized carbons (Fsp3) is 0.316. The van der Waals surface area contributed by atoms with Crippen molar-refractivity contribution in [1.29, 1.82) is 0 Å². The standard InChI is InChI=1S/C19H25N2/c1-3-21(4-2)19(17-18-11-7-5-8-12-18)13-16-20-14-9-6-10-15-20/h5-12,14-15,17H,3-4,13,16H2,1-2H3/q+1. The van der Waals surface area contributed by atoms with Gasteiger partial charge in [0.05, 0.1) is 0 Å². The highest BCUT2D eigenvalue weighted by atomic mass is 15.1. The summed E-state index contributed by atoms with van der Waals surface area (Å²) in [6.07, 6.45) is 7.62. The van der Waals surface area contributed by atoms with Crippen molar-refractivity contribution < 1.29 is 4.57 Å². The Labute approximate surface area is 128 Å². The van der Waals surface area contributed by atoms with Gasteiger partial charge in [0.25, 0.3) is 0 Å². The highest BCUT2D eigenvalue weighted by Gasteiger charge is 2.09. The van der Waals surface area contributed by atoms with Crippen LogP contribution in [0, 0.1) is 0 Å². The molecule has 0 aliphatic carbocycles. The van der Waals surface area contributed by atoms with Crippen LogP contribution in [-0.4, -0.2) is 18.0 Å². The van der Waals surface area contributed by atoms with Crippen LogP contribution >= 0.6 is 0 Å². The Kier molecular flexibility index (Phi) is 6.01. The highest BCUT2D eigenvalue weighted by molar-refractivity contribution is 5.52. The van der Waals surface area contributed by atoms with Crippen LogP contribution in [0.2, 0.25) is 0 Å². The molecule has 0 fully saturated rings. The van der Waals surface area contributed by atoms with E-state index in [-0.39, 0.29) is 0 Å². The van der Waals surface area contributed by atoms with Crippen molar-refractivity contribution in [1.82, 2.24) is 4.90 Å². The van der Waals surface area contributed by atoms with E-state index in [9.17, 15) is 0 Å². The molecular formula is C19H25N2+. The number of benzene rings is 1. The third-order valence-corrected chi connectivity index (χ3v) is 3.71. The van der Waals surface area contributed by atoms with Gasteiger partial charge < -0.3 is 4.90 Å². The van der Waals surface area contributed by atoms with Gasteiger partial charge in [0, 0.05) is 37.3 Å². The predicted molar refractivity (Wildman–Crippen MR) is 88.6 cm³/mol. The Morgan fingerprint density at radius 3 is 2.19 bits per heavy atom. The lowest BCUT2D eigenvalue weighted by atomic mass is 10.1. The lowest BCUT2D eigenvalue weighted by Gasteiger charge is -2.24. The van der Waals surface area contributed by atoms with E-state index in [0.717, 1.165) is 26.1 Å². The van der Waals surface area contributed by atoms with E-state index in [1.54, 1.807) is 0 Å². The molecule has 1 heterocycles. The molecule has 0 N–H and O–H groups in total. The first-order valence-electron chi connectivity index (χ1n) is 7.78. The predicted octanol–water partition coefficient (Wildman–Crippen LogP) is 3.75. The van der Waals surface area contributed by atoms with Crippen LogP contribution in [0.4, 0.5) is 0 Å². The number of nitrogens with zero attached hydrogens (tertiary/aromatic N) is 2. The largest absolute Gasteiger partial charge is 0.375 e. The van der Waals surface area contributed by atoms with E-state index in [2.05, 4.69) is 90.3 Å². The molecule has 0 amide bonds. The van der Waals surface area contributed by atoms with Crippen molar-refractivity contribution in [2.75, 3.05) is 13.1 Å². The smallest absolute Gasteiger partial charge is 0.168 e. The molecule has 1 aromatic carbocycles. The summed E-state index contributed by atoms with van der Waals surface area (Å²) in [5.41, 5.74) is 2.68. The van der Waals surface area contributed by atoms with Crippen molar-refractivity contribution in [3.05, 3.63) is 72.2 Å². The molecule has 1 aromatic heterocycles. The summed E-state index contributed by atoms with van der Waals surface area (Å²) in [7, 11) is 0. The second kappa shape index (κ2) is 8.25. The minimum Gasteiger partial charge on any atom is -0.375 e. The average molecular weight is 281 g/mol. The molecule has 0 saturated heterocycles. The lowest BCUT2D eigenvalue weighted by Crippen LogP contribution is -2.34. The zero-order valence-corrected chi connectivity index (χ0v) is 13.1. The maximum atomic E-state index is 2.44. The van der Waals surface area contributed by atoms with Crippen molar-refractivity contribution in [2.24, 2.45) is 0 Å². The molecule has 0 saturated carbocycles. The molecule has 0 bridgehead atoms. The van der Waals surface area contributed by atoms with E-state index in [0.29, 0.717) is 0 Å². The molecule has 2 rings (SSSR count). The van der Waals surface area contributed by atoms with Crippen LogP contribution in [-0.2, 0) is 6.54 Å². The maximum Gasteiger partial charge on any atom is 0.168 e. The van der Waals surface area contributed by atoms with Gasteiger partial charge in [0.15, 0.2) is 18.9 Å². The molecule has 0 aliphatic rings. The minimum atomic E-state index is 1.01. The van der Waals surface area contributed by atoms with Gasteiger partial charge in [-0.25, -0.2) is 4.57 Å². The van der Waals surface area contributed by atoms with Crippen LogP contribution in [0.1, 0.15) is 25.8 Å². The maximum absolute atomic E-state index is 2.44. The van der Waals surface area contributed by atoms with Gasteiger partial charge in [-0.3, -0.25) is 0 Å². The molecule has 110 valence electrons. The Bertz CT molecular complexity index is 542. The Hall–Kier alpha value is -2.09. The van der Waals surface area contributed by atoms with Crippen LogP contribution in [0.25, 0.3) is 6.08 Å². The van der Waals surface area contributed by atoms with Crippen LogP contribution in [0.5, 0.6) is 0 Å². The van der Waals surface area contributed by atoms with Crippen LogP contribution in [0.15, 0.2) is 66.6 Å². The monoisotopic (exact) mass is 281 g/mol. The molecule has 0 atom stereocenters. The van der Waals surface area contributed by atoms with Gasteiger partial charge >= 0.3 is 0 Å². The van der Waals surface area contributed by atoms with Gasteiger partial charge in [-0.15, -0.1) is 0 Å². The van der Waals surface area contributed by atoms with Crippen LogP contribution in [0.3, 0.4) is 0 Å². The third-order valence-electron chi connectivity index (χ3n) is 3.71. The number of aromatic nitrogens is 1. The van der Waals surface area contributed by atoms with Gasteiger partial charge in [-0.05, 0) is 25.5 Å². The van der Waals surface area contributed by atoms with Crippen molar-refractivity contribution >= 4 is 6.08 Å². The van der Waals surface area contributed by atoms with Crippen molar-refractivity contribution in [2.45, 2.75) is 26.8 Å². The van der Waals surface area contributed by atoms with Gasteiger partial charge in [0.1, 0.15) is 0 Å². The normalized spacial score (nSPS) is 11.4. The molecule has 0 aliphatic heterocycles. The minimum absolute atomic E-state index is 1.01. The molecule has 2 heteroatoms. The summed E-state index contributed by atoms with van der Waals surface area (Å²) in [5.74, 6) is 0. The van der Waals surface area contributed by atoms with E-state index >= 15 is 0 Å². The number of pyridine rings is 1. The van der Waals surface area contributed by atoms with E-state index < -0.39 is 0 Å². The molecule has 2 aromatic rings. The molecule has 21 heavy (non-hydrogen) atoms. The number of rotatable bonds is 7. The molecular weight excluding hydrogens is 256 g/mol. The summed E-state index contributed by atoms with van der Waals surface area (Å²) < 4.78 is 2.24. The fourth-order valence-corrected chi connectivity index (χ4v) is 2.52. The Morgan fingerprint density at radius 2 is 1.57 bits per heavy atom. The molecule has 0 radical (unpaired) electrons. The summed E-state index contributed by atoms with van der Waals surface area (Å²) in [5, 5.41) is 0. The van der Waals surface area contributed by atoms with E-state index in [1.807, 2.05) is 0 Å². The number of hydrogen-bond acceptors (Lipinski definition) is 1. The second-order valence-corrected chi connectivity index (χ2v) is 5.08. The number of hydrogen-bond donors (Lipinski definition) is 0. The summed E-state index contributed by atoms with van der Waals surface area (Å²) in [6.45, 7) is 7.55. The quantitative estimate of drug-likeness (QED) is 0.701. The summed E-state index contributed by atoms with van der Waals surface area (Å²) in [4.78, 5) is 2.44. The number of aryl methyl sites for hydroxylation is 1. The lowest BCUT2D eigenvalue weighted by molar-refractivity contribution is -0.696.